The highest BCUT2D eigenvalue weighted by Gasteiger charge is 2.48. The fourth-order valence-corrected chi connectivity index (χ4v) is 4.57. The van der Waals surface area contributed by atoms with Crippen LogP contribution in [-0.2, 0) is 9.59 Å². The van der Waals surface area contributed by atoms with Gasteiger partial charge in [0, 0.05) is 43.1 Å². The van der Waals surface area contributed by atoms with E-state index in [9.17, 15) is 9.59 Å². The Morgan fingerprint density at radius 3 is 2.33 bits per heavy atom. The van der Waals surface area contributed by atoms with Crippen LogP contribution < -0.4 is 0 Å². The van der Waals surface area contributed by atoms with Crippen LogP contribution in [0.15, 0.2) is 11.3 Å². The van der Waals surface area contributed by atoms with Crippen LogP contribution in [0, 0.1) is 16.7 Å². The highest BCUT2D eigenvalue weighted by molar-refractivity contribution is 5.99. The molecular weight excluding hydrogens is 262 g/mol. The third-order valence-corrected chi connectivity index (χ3v) is 5.61. The summed E-state index contributed by atoms with van der Waals surface area (Å²) < 4.78 is 0. The number of carbonyl (C=O) groups is 2. The molecule has 3 nitrogen and oxygen atoms in total. The minimum Gasteiger partial charge on any atom is -0.374 e. The second kappa shape index (κ2) is 4.44. The maximum absolute atomic E-state index is 12.5. The maximum atomic E-state index is 12.5. The second-order valence-corrected chi connectivity index (χ2v) is 8.87. The summed E-state index contributed by atoms with van der Waals surface area (Å²) in [6.07, 6.45) is 3.98. The highest BCUT2D eigenvalue weighted by Crippen LogP contribution is 2.49. The number of nitrogens with zero attached hydrogens (tertiary/aromatic N) is 1. The normalized spacial score (nSPS) is 34.6. The van der Waals surface area contributed by atoms with Gasteiger partial charge in [-0.05, 0) is 30.1 Å². The van der Waals surface area contributed by atoms with Gasteiger partial charge in [-0.1, -0.05) is 27.7 Å². The van der Waals surface area contributed by atoms with E-state index >= 15 is 0 Å². The fraction of sp³-hybridized carbons (Fsp3) is 0.778. The third kappa shape index (κ3) is 2.45. The molecule has 2 atom stereocenters. The monoisotopic (exact) mass is 289 g/mol. The van der Waals surface area contributed by atoms with Gasteiger partial charge in [0.1, 0.15) is 5.78 Å². The summed E-state index contributed by atoms with van der Waals surface area (Å²) in [6, 6.07) is 0.279. The zero-order chi connectivity index (χ0) is 15.6. The summed E-state index contributed by atoms with van der Waals surface area (Å²) in [5.74, 6) is 0.656. The minimum absolute atomic E-state index is 0.0342. The van der Waals surface area contributed by atoms with Crippen LogP contribution in [-0.4, -0.2) is 29.6 Å². The lowest BCUT2D eigenvalue weighted by Gasteiger charge is -2.51. The molecule has 0 aromatic rings. The summed E-state index contributed by atoms with van der Waals surface area (Å²) in [5.41, 5.74) is 2.29. The molecule has 0 radical (unpaired) electrons. The van der Waals surface area contributed by atoms with E-state index < -0.39 is 0 Å². The second-order valence-electron chi connectivity index (χ2n) is 8.87. The molecule has 0 N–H and O–H groups in total. The van der Waals surface area contributed by atoms with Gasteiger partial charge in [0.15, 0.2) is 5.78 Å². The Bertz CT molecular complexity index is 541. The predicted molar refractivity (Wildman–Crippen MR) is 82.7 cm³/mol. The van der Waals surface area contributed by atoms with Crippen molar-refractivity contribution in [1.29, 1.82) is 0 Å². The molecule has 1 saturated carbocycles. The van der Waals surface area contributed by atoms with E-state index in [1.807, 2.05) is 0 Å². The minimum atomic E-state index is 0.0342. The van der Waals surface area contributed by atoms with Gasteiger partial charge in [0.2, 0.25) is 0 Å². The van der Waals surface area contributed by atoms with E-state index in [1.165, 1.54) is 5.70 Å². The molecule has 3 aliphatic rings. The third-order valence-electron chi connectivity index (χ3n) is 5.61. The van der Waals surface area contributed by atoms with Gasteiger partial charge < -0.3 is 4.90 Å². The highest BCUT2D eigenvalue weighted by atomic mass is 16.1. The first-order valence-corrected chi connectivity index (χ1v) is 8.10. The summed E-state index contributed by atoms with van der Waals surface area (Å²) in [7, 11) is 2.09. The molecular formula is C18H27NO2. The van der Waals surface area contributed by atoms with Crippen LogP contribution in [0.4, 0.5) is 0 Å². The lowest BCUT2D eigenvalue weighted by Crippen LogP contribution is -2.53. The van der Waals surface area contributed by atoms with E-state index in [2.05, 4.69) is 39.6 Å². The molecule has 0 amide bonds. The molecule has 0 spiro atoms. The van der Waals surface area contributed by atoms with Crippen molar-refractivity contribution in [1.82, 2.24) is 4.90 Å². The van der Waals surface area contributed by atoms with Gasteiger partial charge in [-0.3, -0.25) is 9.59 Å². The van der Waals surface area contributed by atoms with Gasteiger partial charge >= 0.3 is 0 Å². The number of hydrogen-bond acceptors (Lipinski definition) is 3. The summed E-state index contributed by atoms with van der Waals surface area (Å²) in [5, 5.41) is 0. The lowest BCUT2D eigenvalue weighted by molar-refractivity contribution is -0.132. The van der Waals surface area contributed by atoms with Crippen LogP contribution in [0.2, 0.25) is 0 Å². The SMILES string of the molecule is CN1C2=C(CC3C(=O)CC(C)(C)CC31)C(=O)CC(C)(C)C2. The quantitative estimate of drug-likeness (QED) is 0.686. The number of rotatable bonds is 0. The Morgan fingerprint density at radius 1 is 1.00 bits per heavy atom. The van der Waals surface area contributed by atoms with Crippen molar-refractivity contribution in [3.8, 4) is 0 Å². The Labute approximate surface area is 127 Å². The molecule has 1 heterocycles. The van der Waals surface area contributed by atoms with Crippen molar-refractivity contribution < 1.29 is 9.59 Å². The summed E-state index contributed by atoms with van der Waals surface area (Å²) in [6.45, 7) is 8.72. The Kier molecular flexibility index (Phi) is 3.13. The summed E-state index contributed by atoms with van der Waals surface area (Å²) in [4.78, 5) is 27.3. The molecule has 3 heteroatoms. The molecule has 0 bridgehead atoms. The standard InChI is InChI=1S/C18H27NO2/c1-17(2)7-13-11(15(20)9-17)6-12-14(19(13)5)8-18(3,4)10-16(12)21/h11,13H,6-10H2,1-5H3. The Morgan fingerprint density at radius 2 is 1.67 bits per heavy atom. The van der Waals surface area contributed by atoms with Gasteiger partial charge in [-0.2, -0.15) is 0 Å². The van der Waals surface area contributed by atoms with Gasteiger partial charge in [-0.25, -0.2) is 0 Å². The van der Waals surface area contributed by atoms with Crippen LogP contribution in [0.5, 0.6) is 0 Å². The Balaban J connectivity index is 1.99. The Hall–Kier alpha value is -1.12. The van der Waals surface area contributed by atoms with E-state index in [-0.39, 0.29) is 28.6 Å². The van der Waals surface area contributed by atoms with Crippen molar-refractivity contribution in [2.45, 2.75) is 65.8 Å². The van der Waals surface area contributed by atoms with Crippen LogP contribution in [0.1, 0.15) is 59.8 Å². The molecule has 0 aromatic carbocycles. The average molecular weight is 289 g/mol. The lowest BCUT2D eigenvalue weighted by atomic mass is 9.63. The number of hydrogen-bond donors (Lipinski definition) is 0. The van der Waals surface area contributed by atoms with Crippen molar-refractivity contribution in [3.63, 3.8) is 0 Å². The van der Waals surface area contributed by atoms with E-state index in [1.54, 1.807) is 0 Å². The van der Waals surface area contributed by atoms with Gasteiger partial charge in [0.25, 0.3) is 0 Å². The van der Waals surface area contributed by atoms with Crippen molar-refractivity contribution in [2.24, 2.45) is 16.7 Å². The number of carbonyl (C=O) groups excluding carboxylic acids is 2. The largest absolute Gasteiger partial charge is 0.374 e. The first kappa shape index (κ1) is 14.8. The first-order valence-electron chi connectivity index (χ1n) is 8.10. The number of fused-ring (bicyclic) bond motifs is 1. The predicted octanol–water partition coefficient (Wildman–Crippen LogP) is 3.34. The van der Waals surface area contributed by atoms with Gasteiger partial charge in [-0.15, -0.1) is 0 Å². The first-order chi connectivity index (χ1) is 9.60. The zero-order valence-corrected chi connectivity index (χ0v) is 14.0. The fourth-order valence-electron chi connectivity index (χ4n) is 4.57. The molecule has 3 rings (SSSR count). The molecule has 21 heavy (non-hydrogen) atoms. The maximum Gasteiger partial charge on any atom is 0.161 e. The average Bonchev–Trinajstić information content (AvgIpc) is 2.30. The molecule has 2 aliphatic carbocycles. The number of Topliss-reactive ketones (excluding diaryl/α,β-unsaturated/α-hetero) is 2. The zero-order valence-electron chi connectivity index (χ0n) is 14.0. The van der Waals surface area contributed by atoms with Gasteiger partial charge in [0.05, 0.1) is 0 Å². The van der Waals surface area contributed by atoms with Crippen LogP contribution in [0.25, 0.3) is 0 Å². The molecule has 0 saturated heterocycles. The number of allylic oxidation sites excluding steroid dienone is 2. The number of ketones is 2. The molecule has 116 valence electrons. The summed E-state index contributed by atoms with van der Waals surface area (Å²) >= 11 is 0. The van der Waals surface area contributed by atoms with Crippen molar-refractivity contribution in [3.05, 3.63) is 11.3 Å². The topological polar surface area (TPSA) is 37.4 Å². The van der Waals surface area contributed by atoms with Crippen LogP contribution in [0.3, 0.4) is 0 Å². The van der Waals surface area contributed by atoms with Crippen molar-refractivity contribution >= 4 is 11.6 Å². The van der Waals surface area contributed by atoms with E-state index in [0.717, 1.165) is 18.4 Å². The molecule has 0 aromatic heterocycles. The molecule has 1 fully saturated rings. The van der Waals surface area contributed by atoms with E-state index in [4.69, 9.17) is 0 Å². The van der Waals surface area contributed by atoms with Crippen molar-refractivity contribution in [2.75, 3.05) is 7.05 Å². The molecule has 2 unspecified atom stereocenters. The van der Waals surface area contributed by atoms with Crippen LogP contribution >= 0.6 is 0 Å². The van der Waals surface area contributed by atoms with E-state index in [0.29, 0.717) is 25.0 Å². The smallest absolute Gasteiger partial charge is 0.161 e. The molecule has 1 aliphatic heterocycles.